The van der Waals surface area contributed by atoms with Gasteiger partial charge in [0.2, 0.25) is 0 Å². The average molecular weight is 435 g/mol. The smallest absolute Gasteiger partial charge is 0.115 e. The van der Waals surface area contributed by atoms with E-state index in [0.717, 1.165) is 11.1 Å². The molecule has 2 heteroatoms. The molecule has 0 fully saturated rings. The molecule has 0 unspecified atom stereocenters. The number of fused-ring (bicyclic) bond motifs is 3. The second kappa shape index (κ2) is 7.81. The Balaban J connectivity index is 1.95. The molecule has 0 saturated heterocycles. The Morgan fingerprint density at radius 2 is 0.879 bits per heavy atom. The molecule has 0 saturated carbocycles. The molecule has 4 aromatic rings. The third-order valence-electron chi connectivity index (χ3n) is 7.12. The fourth-order valence-electron chi connectivity index (χ4n) is 5.29. The molecule has 4 aromatic carbocycles. The van der Waals surface area contributed by atoms with Gasteiger partial charge in [-0.15, -0.1) is 0 Å². The molecule has 0 aliphatic heterocycles. The highest BCUT2D eigenvalue weighted by atomic mass is 16.3. The highest BCUT2D eigenvalue weighted by Crippen LogP contribution is 2.57. The number of rotatable bonds is 4. The zero-order valence-corrected chi connectivity index (χ0v) is 19.6. The summed E-state index contributed by atoms with van der Waals surface area (Å²) in [6.07, 6.45) is 0. The molecule has 0 amide bonds. The van der Waals surface area contributed by atoms with Crippen molar-refractivity contribution in [3.63, 3.8) is 0 Å². The summed E-state index contributed by atoms with van der Waals surface area (Å²) in [5.41, 5.74) is 9.25. The van der Waals surface area contributed by atoms with E-state index in [-0.39, 0.29) is 11.5 Å². The van der Waals surface area contributed by atoms with Crippen LogP contribution in [0.2, 0.25) is 0 Å². The Labute approximate surface area is 196 Å². The van der Waals surface area contributed by atoms with Crippen LogP contribution in [0.3, 0.4) is 0 Å². The number of hydrogen-bond donors (Lipinski definition) is 2. The molecule has 0 radical (unpaired) electrons. The number of phenolic OH excluding ortho intramolecular Hbond substituents is 2. The van der Waals surface area contributed by atoms with Gasteiger partial charge in [-0.25, -0.2) is 0 Å². The molecule has 0 aromatic heterocycles. The van der Waals surface area contributed by atoms with Gasteiger partial charge in [-0.3, -0.25) is 0 Å². The van der Waals surface area contributed by atoms with Gasteiger partial charge in [0.05, 0.1) is 5.41 Å². The van der Waals surface area contributed by atoms with Crippen molar-refractivity contribution in [2.24, 2.45) is 0 Å². The largest absolute Gasteiger partial charge is 0.508 e. The molecular weight excluding hydrogens is 404 g/mol. The van der Waals surface area contributed by atoms with E-state index < -0.39 is 5.41 Å². The van der Waals surface area contributed by atoms with Crippen molar-refractivity contribution in [2.45, 2.75) is 44.9 Å². The summed E-state index contributed by atoms with van der Waals surface area (Å²) < 4.78 is 0. The van der Waals surface area contributed by atoms with Gasteiger partial charge < -0.3 is 10.2 Å². The predicted octanol–water partition coefficient (Wildman–Crippen LogP) is 7.71. The van der Waals surface area contributed by atoms with Gasteiger partial charge in [0.25, 0.3) is 0 Å². The van der Waals surface area contributed by atoms with E-state index in [9.17, 15) is 10.2 Å². The first-order chi connectivity index (χ1) is 15.8. The van der Waals surface area contributed by atoms with Crippen molar-refractivity contribution >= 4 is 0 Å². The summed E-state index contributed by atoms with van der Waals surface area (Å²) in [4.78, 5) is 0. The molecule has 1 aliphatic carbocycles. The van der Waals surface area contributed by atoms with Crippen LogP contribution in [0, 0.1) is 0 Å². The minimum atomic E-state index is -0.540. The van der Waals surface area contributed by atoms with Crippen molar-refractivity contribution in [3.8, 4) is 22.6 Å². The van der Waals surface area contributed by atoms with E-state index in [4.69, 9.17) is 0 Å². The predicted molar refractivity (Wildman–Crippen MR) is 135 cm³/mol. The highest BCUT2D eigenvalue weighted by molar-refractivity contribution is 5.87. The Kier molecular flexibility index (Phi) is 5.05. The average Bonchev–Trinajstić information content (AvgIpc) is 3.10. The number of benzene rings is 4. The molecule has 0 spiro atoms. The van der Waals surface area contributed by atoms with Crippen molar-refractivity contribution in [3.05, 3.63) is 118 Å². The van der Waals surface area contributed by atoms with Crippen LogP contribution in [0.1, 0.15) is 72.9 Å². The standard InChI is InChI=1S/C31H30O2/c1-19(2)21-5-15-27-28-16-6-22(20(3)4)18-30(28)31(29(27)17-21,23-7-11-25(32)12-8-23)24-9-13-26(33)14-10-24/h5-20,32-33H,1-4H3. The molecule has 0 atom stereocenters. The van der Waals surface area contributed by atoms with Crippen LogP contribution in [0.25, 0.3) is 11.1 Å². The van der Waals surface area contributed by atoms with Crippen LogP contribution in [-0.2, 0) is 5.41 Å². The maximum Gasteiger partial charge on any atom is 0.115 e. The van der Waals surface area contributed by atoms with Crippen molar-refractivity contribution in [2.75, 3.05) is 0 Å². The molecule has 166 valence electrons. The minimum absolute atomic E-state index is 0.255. The fourth-order valence-corrected chi connectivity index (χ4v) is 5.29. The van der Waals surface area contributed by atoms with E-state index in [0.29, 0.717) is 11.8 Å². The second-order valence-corrected chi connectivity index (χ2v) is 9.76. The number of hydrogen-bond acceptors (Lipinski definition) is 2. The first-order valence-corrected chi connectivity index (χ1v) is 11.7. The van der Waals surface area contributed by atoms with E-state index in [1.165, 1.54) is 33.4 Å². The first kappa shape index (κ1) is 21.3. The van der Waals surface area contributed by atoms with Crippen LogP contribution in [0.5, 0.6) is 11.5 Å². The maximum absolute atomic E-state index is 10.1. The van der Waals surface area contributed by atoms with Crippen LogP contribution in [0.4, 0.5) is 0 Å². The number of aromatic hydroxyl groups is 2. The topological polar surface area (TPSA) is 40.5 Å². The van der Waals surface area contributed by atoms with Crippen LogP contribution >= 0.6 is 0 Å². The Morgan fingerprint density at radius 1 is 0.515 bits per heavy atom. The Morgan fingerprint density at radius 3 is 1.21 bits per heavy atom. The fraction of sp³-hybridized carbons (Fsp3) is 0.226. The van der Waals surface area contributed by atoms with E-state index in [1.807, 2.05) is 24.3 Å². The molecule has 0 heterocycles. The zero-order chi connectivity index (χ0) is 23.3. The summed E-state index contributed by atoms with van der Waals surface area (Å²) in [6, 6.07) is 28.9. The van der Waals surface area contributed by atoms with Gasteiger partial charge in [-0.05, 0) is 80.6 Å². The SMILES string of the molecule is CC(C)c1ccc2c(c1)C(c1ccc(O)cc1)(c1ccc(O)cc1)c1cc(C(C)C)ccc1-2. The van der Waals surface area contributed by atoms with Crippen molar-refractivity contribution in [1.82, 2.24) is 0 Å². The lowest BCUT2D eigenvalue weighted by Gasteiger charge is -2.34. The zero-order valence-electron chi connectivity index (χ0n) is 19.6. The summed E-state index contributed by atoms with van der Waals surface area (Å²) in [6.45, 7) is 8.90. The minimum Gasteiger partial charge on any atom is -0.508 e. The van der Waals surface area contributed by atoms with E-state index >= 15 is 0 Å². The summed E-state index contributed by atoms with van der Waals surface area (Å²) in [5.74, 6) is 1.32. The monoisotopic (exact) mass is 434 g/mol. The third-order valence-corrected chi connectivity index (χ3v) is 7.12. The molecule has 5 rings (SSSR count). The molecule has 2 nitrogen and oxygen atoms in total. The van der Waals surface area contributed by atoms with Gasteiger partial charge >= 0.3 is 0 Å². The summed E-state index contributed by atoms with van der Waals surface area (Å²) in [7, 11) is 0. The third kappa shape index (κ3) is 3.24. The summed E-state index contributed by atoms with van der Waals surface area (Å²) >= 11 is 0. The first-order valence-electron chi connectivity index (χ1n) is 11.7. The molecule has 33 heavy (non-hydrogen) atoms. The Hall–Kier alpha value is -3.52. The maximum atomic E-state index is 10.1. The molecular formula is C31H30O2. The van der Waals surface area contributed by atoms with Crippen LogP contribution in [-0.4, -0.2) is 10.2 Å². The quantitative estimate of drug-likeness (QED) is 0.304. The molecule has 0 bridgehead atoms. The van der Waals surface area contributed by atoms with Gasteiger partial charge in [-0.2, -0.15) is 0 Å². The van der Waals surface area contributed by atoms with Gasteiger partial charge in [0, 0.05) is 0 Å². The van der Waals surface area contributed by atoms with Gasteiger partial charge in [0.15, 0.2) is 0 Å². The van der Waals surface area contributed by atoms with Crippen molar-refractivity contribution < 1.29 is 10.2 Å². The van der Waals surface area contributed by atoms with Crippen molar-refractivity contribution in [1.29, 1.82) is 0 Å². The second-order valence-electron chi connectivity index (χ2n) is 9.76. The highest BCUT2D eigenvalue weighted by Gasteiger charge is 2.46. The molecule has 1 aliphatic rings. The summed E-state index contributed by atoms with van der Waals surface area (Å²) in [5, 5.41) is 20.2. The van der Waals surface area contributed by atoms with Gasteiger partial charge in [-0.1, -0.05) is 88.4 Å². The van der Waals surface area contributed by atoms with Crippen LogP contribution < -0.4 is 0 Å². The van der Waals surface area contributed by atoms with Gasteiger partial charge in [0.1, 0.15) is 11.5 Å². The van der Waals surface area contributed by atoms with Crippen LogP contribution in [0.15, 0.2) is 84.9 Å². The lowest BCUT2D eigenvalue weighted by Crippen LogP contribution is -2.29. The lowest BCUT2D eigenvalue weighted by atomic mass is 9.67. The number of phenols is 2. The molecule has 2 N–H and O–H groups in total. The normalized spacial score (nSPS) is 13.9. The Bertz CT molecular complexity index is 1210. The van der Waals surface area contributed by atoms with E-state index in [2.05, 4.69) is 64.1 Å². The van der Waals surface area contributed by atoms with E-state index in [1.54, 1.807) is 24.3 Å². The lowest BCUT2D eigenvalue weighted by molar-refractivity contribution is 0.475.